The number of aromatic nitrogens is 1. The summed E-state index contributed by atoms with van der Waals surface area (Å²) in [5, 5.41) is 0. The first-order chi connectivity index (χ1) is 12.6. The van der Waals surface area contributed by atoms with Gasteiger partial charge in [0.25, 0.3) is 0 Å². The van der Waals surface area contributed by atoms with Crippen LogP contribution in [-0.2, 0) is 32.7 Å². The molecule has 2 aromatic carbocycles. The van der Waals surface area contributed by atoms with E-state index in [4.69, 9.17) is 0 Å². The molecular weight excluding hydrogens is 403 g/mol. The monoisotopic (exact) mass is 429 g/mol. The van der Waals surface area contributed by atoms with Crippen molar-refractivity contribution in [2.75, 3.05) is 0 Å². The number of rotatable bonds is 6. The van der Waals surface area contributed by atoms with Gasteiger partial charge in [0.2, 0.25) is 0 Å². The second-order valence-corrected chi connectivity index (χ2v) is 7.14. The normalized spacial score (nSPS) is 11.9. The molecule has 0 amide bonds. The summed E-state index contributed by atoms with van der Waals surface area (Å²) in [5.41, 5.74) is 7.17. The van der Waals surface area contributed by atoms with E-state index in [0.29, 0.717) is 11.8 Å². The summed E-state index contributed by atoms with van der Waals surface area (Å²) < 4.78 is 0. The van der Waals surface area contributed by atoms with Gasteiger partial charge in [0, 0.05) is 6.20 Å². The van der Waals surface area contributed by atoms with E-state index in [0.717, 1.165) is 28.7 Å². The maximum atomic E-state index is 4.34. The van der Waals surface area contributed by atoms with Crippen molar-refractivity contribution in [1.29, 1.82) is 0 Å². The van der Waals surface area contributed by atoms with Crippen LogP contribution < -0.4 is 0 Å². The minimum atomic E-state index is 0. The first-order valence-corrected chi connectivity index (χ1v) is 9.37. The zero-order valence-corrected chi connectivity index (χ0v) is 19.5. The minimum absolute atomic E-state index is 0. The second-order valence-electron chi connectivity index (χ2n) is 7.14. The van der Waals surface area contributed by atoms with E-state index in [1.54, 1.807) is 0 Å². The van der Waals surface area contributed by atoms with Crippen molar-refractivity contribution in [3.05, 3.63) is 84.5 Å². The molecule has 3 aromatic rings. The number of hydrogen-bond acceptors (Lipinski definition) is 1. The molecule has 2 heteroatoms. The average Bonchev–Trinajstić information content (AvgIpc) is 2.68. The summed E-state index contributed by atoms with van der Waals surface area (Å²) >= 11 is 0. The van der Waals surface area contributed by atoms with E-state index in [1.165, 1.54) is 11.1 Å². The van der Waals surface area contributed by atoms with Crippen molar-refractivity contribution in [3.8, 4) is 22.3 Å². The Balaban J connectivity index is 0.00000261. The van der Waals surface area contributed by atoms with Crippen LogP contribution >= 0.6 is 0 Å². The zero-order valence-electron chi connectivity index (χ0n) is 16.7. The Morgan fingerprint density at radius 3 is 2.48 bits per heavy atom. The minimum Gasteiger partial charge on any atom is -0.331 e. The maximum absolute atomic E-state index is 4.34. The van der Waals surface area contributed by atoms with Gasteiger partial charge in [-0.2, -0.15) is 24.5 Å². The van der Waals surface area contributed by atoms with Crippen molar-refractivity contribution in [2.24, 2.45) is 0 Å². The zero-order chi connectivity index (χ0) is 18.5. The smallest absolute Gasteiger partial charge is 0.331 e. The van der Waals surface area contributed by atoms with Gasteiger partial charge in [-0.25, -0.2) is 0 Å². The molecule has 134 valence electrons. The Morgan fingerprint density at radius 2 is 1.81 bits per heavy atom. The Bertz CT molecular complexity index is 855. The first-order valence-electron chi connectivity index (χ1n) is 9.37. The molecule has 0 bridgehead atoms. The number of nitrogens with zero attached hydrogens (tertiary/aromatic N) is 1. The van der Waals surface area contributed by atoms with Crippen molar-refractivity contribution in [3.63, 3.8) is 0 Å². The van der Waals surface area contributed by atoms with Gasteiger partial charge in [-0.05, 0) is 6.20 Å². The van der Waals surface area contributed by atoms with Gasteiger partial charge in [0.1, 0.15) is 0 Å². The largest absolute Gasteiger partial charge is 3.00 e. The molecule has 0 fully saturated rings. The molecule has 1 aromatic heterocycles. The Morgan fingerprint density at radius 1 is 1.00 bits per heavy atom. The molecule has 0 saturated heterocycles. The van der Waals surface area contributed by atoms with Crippen LogP contribution in [0, 0.1) is 18.6 Å². The summed E-state index contributed by atoms with van der Waals surface area (Å²) in [4.78, 5) is 4.34. The van der Waals surface area contributed by atoms with E-state index < -0.39 is 0 Å². The van der Waals surface area contributed by atoms with E-state index in [1.807, 2.05) is 30.6 Å². The fraction of sp³-hybridized carbons (Fsp3) is 0.280. The van der Waals surface area contributed by atoms with Crippen LogP contribution in [-0.4, -0.2) is 4.98 Å². The van der Waals surface area contributed by atoms with E-state index in [2.05, 4.69) is 75.5 Å². The third kappa shape index (κ3) is 5.15. The molecule has 0 N–H and O–H groups in total. The van der Waals surface area contributed by atoms with Crippen LogP contribution in [0.2, 0.25) is 0 Å². The van der Waals surface area contributed by atoms with Crippen molar-refractivity contribution >= 4 is 0 Å². The van der Waals surface area contributed by atoms with E-state index in [-0.39, 0.29) is 32.7 Å². The molecule has 0 aliphatic carbocycles. The fourth-order valence-corrected chi connectivity index (χ4v) is 3.47. The molecule has 0 aliphatic heterocycles. The van der Waals surface area contributed by atoms with Crippen LogP contribution in [0.1, 0.15) is 57.1 Å². The van der Waals surface area contributed by atoms with E-state index >= 15 is 0 Å². The van der Waals surface area contributed by atoms with Crippen molar-refractivity contribution in [1.82, 2.24) is 4.98 Å². The second kappa shape index (κ2) is 10.3. The van der Waals surface area contributed by atoms with Crippen LogP contribution in [0.25, 0.3) is 22.3 Å². The van der Waals surface area contributed by atoms with Crippen LogP contribution in [0.15, 0.2) is 54.9 Å². The molecule has 27 heavy (non-hydrogen) atoms. The van der Waals surface area contributed by atoms with E-state index in [9.17, 15) is 0 Å². The standard InChI is InChI=1S/C25H26N.Y/c1-5-9-19(4)24-16-21(12-13-22(24)18(2)3)23-14-15-26-17-25(23)20-10-7-6-8-11-20;/h5-8,10,12-15,17-19H,9H2,1-4H3;/q-3;+3. The van der Waals surface area contributed by atoms with Gasteiger partial charge in [-0.15, -0.1) is 70.8 Å². The molecule has 1 atom stereocenters. The number of hydrogen-bond donors (Lipinski definition) is 0. The van der Waals surface area contributed by atoms with Gasteiger partial charge in [0.15, 0.2) is 0 Å². The van der Waals surface area contributed by atoms with Gasteiger partial charge in [-0.3, -0.25) is 4.98 Å². The fourth-order valence-electron chi connectivity index (χ4n) is 3.47. The molecule has 1 heterocycles. The number of pyridine rings is 1. The van der Waals surface area contributed by atoms with Crippen LogP contribution in [0.4, 0.5) is 0 Å². The van der Waals surface area contributed by atoms with Gasteiger partial charge >= 0.3 is 32.7 Å². The summed E-state index contributed by atoms with van der Waals surface area (Å²) in [7, 11) is 0. The van der Waals surface area contributed by atoms with Gasteiger partial charge < -0.3 is 6.42 Å². The molecule has 0 aliphatic rings. The van der Waals surface area contributed by atoms with Gasteiger partial charge in [0.05, 0.1) is 0 Å². The summed E-state index contributed by atoms with van der Waals surface area (Å²) in [5.74, 6) is 0.958. The molecule has 1 nitrogen and oxygen atoms in total. The molecule has 1 unspecified atom stereocenters. The number of benzene rings is 2. The maximum Gasteiger partial charge on any atom is 3.00 e. The Kier molecular flexibility index (Phi) is 8.38. The van der Waals surface area contributed by atoms with Crippen molar-refractivity contribution < 1.29 is 32.7 Å². The molecular formula is C25H26NY. The molecule has 0 spiro atoms. The summed E-state index contributed by atoms with van der Waals surface area (Å²) in [6.07, 6.45) is 7.09. The van der Waals surface area contributed by atoms with Crippen LogP contribution in [0.3, 0.4) is 0 Å². The molecule has 0 saturated carbocycles. The SMILES string of the molecule is C[CH-]CC(C)c1[c-]c(-c2ccncc2-c2[c-]cccc2)ccc1C(C)C.[Y+3]. The van der Waals surface area contributed by atoms with Crippen molar-refractivity contribution in [2.45, 2.75) is 46.0 Å². The summed E-state index contributed by atoms with van der Waals surface area (Å²) in [6, 6.07) is 21.7. The quantitative estimate of drug-likeness (QED) is 0.390. The average molecular weight is 429 g/mol. The third-order valence-corrected chi connectivity index (χ3v) is 4.82. The summed E-state index contributed by atoms with van der Waals surface area (Å²) in [6.45, 7) is 8.93. The first kappa shape index (κ1) is 22.0. The van der Waals surface area contributed by atoms with Gasteiger partial charge in [-0.1, -0.05) is 38.7 Å². The predicted molar refractivity (Wildman–Crippen MR) is 110 cm³/mol. The molecule has 0 radical (unpaired) electrons. The van der Waals surface area contributed by atoms with Crippen LogP contribution in [0.5, 0.6) is 0 Å². The predicted octanol–water partition coefficient (Wildman–Crippen LogP) is 6.85. The molecule has 3 rings (SSSR count). The third-order valence-electron chi connectivity index (χ3n) is 4.82. The Labute approximate surface area is 189 Å². The Hall–Kier alpha value is -1.31. The topological polar surface area (TPSA) is 12.9 Å².